The molecule has 3 aromatic rings. The van der Waals surface area contributed by atoms with Gasteiger partial charge in [0.2, 0.25) is 9.84 Å². The first-order valence-electron chi connectivity index (χ1n) is 9.76. The number of nitrogens with two attached hydrogens (primary N) is 1. The van der Waals surface area contributed by atoms with Crippen LogP contribution < -0.4 is 11.1 Å². The lowest BCUT2D eigenvalue weighted by molar-refractivity contribution is 0.0785. The molecule has 3 N–H and O–H groups in total. The molecule has 0 amide bonds. The first kappa shape index (κ1) is 21.6. The van der Waals surface area contributed by atoms with Crippen LogP contribution in [0.2, 0.25) is 0 Å². The Bertz CT molecular complexity index is 1220. The largest absolute Gasteiger partial charge is 0.359 e. The van der Waals surface area contributed by atoms with E-state index in [2.05, 4.69) is 10.3 Å². The Morgan fingerprint density at radius 2 is 2.10 bits per heavy atom. The maximum absolute atomic E-state index is 14.3. The lowest BCUT2D eigenvalue weighted by Gasteiger charge is -2.23. The zero-order valence-electron chi connectivity index (χ0n) is 16.6. The zero-order valence-corrected chi connectivity index (χ0v) is 17.4. The number of sulfone groups is 1. The smallest absolute Gasteiger partial charge is 0.206 e. The maximum atomic E-state index is 14.3. The number of morpholine rings is 1. The normalized spacial score (nSPS) is 17.9. The van der Waals surface area contributed by atoms with Crippen molar-refractivity contribution >= 4 is 20.9 Å². The molecule has 1 aromatic heterocycles. The van der Waals surface area contributed by atoms with Gasteiger partial charge in [-0.3, -0.25) is 0 Å². The molecule has 1 aliphatic rings. The number of nitrogens with one attached hydrogen (secondary N) is 1. The number of allylic oxidation sites excluding steroid dienone is 1. The van der Waals surface area contributed by atoms with E-state index in [1.165, 1.54) is 41.2 Å². The minimum Gasteiger partial charge on any atom is -0.359 e. The molecule has 0 spiro atoms. The summed E-state index contributed by atoms with van der Waals surface area (Å²) in [5.41, 5.74) is 6.37. The van der Waals surface area contributed by atoms with Gasteiger partial charge in [-0.25, -0.2) is 22.2 Å². The molecular weight excluding hydrogens is 426 g/mol. The number of ether oxygens (including phenoxy) is 1. The lowest BCUT2D eigenvalue weighted by Crippen LogP contribution is -2.42. The Morgan fingerprint density at radius 3 is 2.77 bits per heavy atom. The third-order valence-corrected chi connectivity index (χ3v) is 7.01. The fourth-order valence-corrected chi connectivity index (χ4v) is 4.98. The molecule has 4 rings (SSSR count). The van der Waals surface area contributed by atoms with E-state index in [-0.39, 0.29) is 24.5 Å². The summed E-state index contributed by atoms with van der Waals surface area (Å²) in [5, 5.41) is 3.00. The summed E-state index contributed by atoms with van der Waals surface area (Å²) in [6, 6.07) is 8.76. The molecule has 1 atom stereocenters. The average molecular weight is 448 g/mol. The number of hydrogen-bond donors (Lipinski definition) is 2. The van der Waals surface area contributed by atoms with Crippen LogP contribution in [0.3, 0.4) is 0 Å². The van der Waals surface area contributed by atoms with Crippen molar-refractivity contribution in [3.63, 3.8) is 0 Å². The first-order chi connectivity index (χ1) is 14.9. The highest BCUT2D eigenvalue weighted by atomic mass is 32.2. The van der Waals surface area contributed by atoms with Gasteiger partial charge < -0.3 is 20.4 Å². The van der Waals surface area contributed by atoms with Crippen LogP contribution in [0, 0.1) is 5.82 Å². The second-order valence-electron chi connectivity index (χ2n) is 7.15. The van der Waals surface area contributed by atoms with Crippen LogP contribution in [0.25, 0.3) is 22.2 Å². The molecule has 1 unspecified atom stereocenters. The van der Waals surface area contributed by atoms with Gasteiger partial charge in [0.1, 0.15) is 11.6 Å². The summed E-state index contributed by atoms with van der Waals surface area (Å²) in [7, 11) is -3.66. The first-order valence-corrected chi connectivity index (χ1v) is 11.3. The number of hydrogen-bond acceptors (Lipinski definition) is 6. The molecule has 2 heterocycles. The van der Waals surface area contributed by atoms with Crippen molar-refractivity contribution in [3.05, 3.63) is 60.4 Å². The van der Waals surface area contributed by atoms with Crippen LogP contribution in [-0.2, 0) is 21.1 Å². The third-order valence-electron chi connectivity index (χ3n) is 5.08. The van der Waals surface area contributed by atoms with Crippen LogP contribution in [0.1, 0.15) is 0 Å². The highest BCUT2D eigenvalue weighted by Crippen LogP contribution is 2.31. The highest BCUT2D eigenvalue weighted by Gasteiger charge is 2.30. The predicted molar refractivity (Wildman–Crippen MR) is 113 cm³/mol. The molecule has 2 aromatic carbocycles. The Labute approximate surface area is 178 Å². The van der Waals surface area contributed by atoms with Gasteiger partial charge in [0, 0.05) is 25.2 Å². The van der Waals surface area contributed by atoms with E-state index in [4.69, 9.17) is 10.5 Å². The zero-order chi connectivity index (χ0) is 22.0. The lowest BCUT2D eigenvalue weighted by atomic mass is 10.0. The monoisotopic (exact) mass is 448 g/mol. The number of halogens is 2. The third kappa shape index (κ3) is 4.38. The minimum atomic E-state index is -3.66. The Hall–Kier alpha value is -2.66. The van der Waals surface area contributed by atoms with Crippen molar-refractivity contribution in [1.82, 2.24) is 14.9 Å². The van der Waals surface area contributed by atoms with E-state index in [0.717, 1.165) is 0 Å². The second kappa shape index (κ2) is 8.83. The summed E-state index contributed by atoms with van der Waals surface area (Å²) in [4.78, 5) is 4.44. The minimum absolute atomic E-state index is 0.0648. The molecule has 10 heteroatoms. The van der Waals surface area contributed by atoms with Gasteiger partial charge >= 0.3 is 0 Å². The van der Waals surface area contributed by atoms with E-state index in [9.17, 15) is 17.2 Å². The average Bonchev–Trinajstić information content (AvgIpc) is 3.16. The van der Waals surface area contributed by atoms with Gasteiger partial charge in [-0.1, -0.05) is 12.1 Å². The maximum Gasteiger partial charge on any atom is 0.206 e. The van der Waals surface area contributed by atoms with Crippen molar-refractivity contribution in [1.29, 1.82) is 0 Å². The summed E-state index contributed by atoms with van der Waals surface area (Å²) < 4.78 is 60.7. The van der Waals surface area contributed by atoms with Crippen molar-refractivity contribution in [3.8, 4) is 11.1 Å². The molecule has 31 heavy (non-hydrogen) atoms. The quantitative estimate of drug-likeness (QED) is 0.601. The fraction of sp³-hybridized carbons (Fsp3) is 0.286. The number of aromatic nitrogens is 2. The van der Waals surface area contributed by atoms with Crippen molar-refractivity contribution in [2.24, 2.45) is 5.73 Å². The summed E-state index contributed by atoms with van der Waals surface area (Å²) in [6.07, 6.45) is 2.68. The van der Waals surface area contributed by atoms with Crippen LogP contribution >= 0.6 is 0 Å². The van der Waals surface area contributed by atoms with Gasteiger partial charge in [-0.05, 0) is 35.9 Å². The number of rotatable bonds is 6. The number of nitrogens with zero attached hydrogens (tertiary/aromatic N) is 2. The van der Waals surface area contributed by atoms with Gasteiger partial charge in [-0.2, -0.15) is 0 Å². The van der Waals surface area contributed by atoms with E-state index in [0.29, 0.717) is 35.3 Å². The summed E-state index contributed by atoms with van der Waals surface area (Å²) in [6.45, 7) is 1.12. The van der Waals surface area contributed by atoms with E-state index >= 15 is 0 Å². The molecule has 1 aliphatic heterocycles. The molecule has 0 aliphatic carbocycles. The number of fused-ring (bicyclic) bond motifs is 1. The van der Waals surface area contributed by atoms with Gasteiger partial charge in [0.15, 0.2) is 5.44 Å². The summed E-state index contributed by atoms with van der Waals surface area (Å²) >= 11 is 0. The van der Waals surface area contributed by atoms with Crippen LogP contribution in [-0.4, -0.2) is 49.6 Å². The Morgan fingerprint density at radius 1 is 1.32 bits per heavy atom. The summed E-state index contributed by atoms with van der Waals surface area (Å²) in [5.74, 6) is -0.951. The van der Waals surface area contributed by atoms with Gasteiger partial charge in [0.25, 0.3) is 0 Å². The molecular formula is C21H22F2N4O3S. The standard InChI is InChI=1S/C21H22F2N4O3S/c22-15(5-6-24)12-27-13-26-21-18(9-16(23)10-19(21)27)14-1-3-17(4-2-14)31(28,29)20-11-25-7-8-30-20/h1-5,9-10,13,20,25H,6-8,11-12,24H2/b15-5-. The number of imidazole rings is 1. The van der Waals surface area contributed by atoms with Gasteiger partial charge in [0.05, 0.1) is 35.4 Å². The molecule has 0 radical (unpaired) electrons. The second-order valence-corrected chi connectivity index (χ2v) is 9.24. The van der Waals surface area contributed by atoms with E-state index in [1.807, 2.05) is 0 Å². The molecule has 1 saturated heterocycles. The van der Waals surface area contributed by atoms with Crippen molar-refractivity contribution in [2.75, 3.05) is 26.2 Å². The van der Waals surface area contributed by atoms with Crippen molar-refractivity contribution < 1.29 is 21.9 Å². The van der Waals surface area contributed by atoms with Gasteiger partial charge in [-0.15, -0.1) is 0 Å². The Balaban J connectivity index is 1.69. The molecule has 0 bridgehead atoms. The van der Waals surface area contributed by atoms with E-state index in [1.54, 1.807) is 12.1 Å². The molecule has 0 saturated carbocycles. The molecule has 7 nitrogen and oxygen atoms in total. The molecule has 1 fully saturated rings. The Kier molecular flexibility index (Phi) is 6.15. The molecule has 164 valence electrons. The SMILES string of the molecule is NC/C=C(\F)Cn1cnc2c(-c3ccc(S(=O)(=O)C4CNCCO4)cc3)cc(F)cc21. The van der Waals surface area contributed by atoms with Crippen LogP contribution in [0.4, 0.5) is 8.78 Å². The topological polar surface area (TPSA) is 99.2 Å². The number of benzene rings is 2. The fourth-order valence-electron chi connectivity index (χ4n) is 3.55. The van der Waals surface area contributed by atoms with E-state index < -0.39 is 26.9 Å². The van der Waals surface area contributed by atoms with Crippen LogP contribution in [0.15, 0.2) is 59.5 Å². The van der Waals surface area contributed by atoms with Crippen LogP contribution in [0.5, 0.6) is 0 Å². The van der Waals surface area contributed by atoms with Crippen molar-refractivity contribution in [2.45, 2.75) is 16.9 Å². The highest BCUT2D eigenvalue weighted by molar-refractivity contribution is 7.92. The predicted octanol–water partition coefficient (Wildman–Crippen LogP) is 2.37.